The number of ether oxygens (including phenoxy) is 3. The number of carbonyl (C=O) groups excluding carboxylic acids is 2. The van der Waals surface area contributed by atoms with Gasteiger partial charge in [-0.3, -0.25) is 9.59 Å². The number of fused-ring (bicyclic) bond motifs is 1. The fourth-order valence-corrected chi connectivity index (χ4v) is 3.50. The number of halogens is 1. The molecule has 3 aromatic rings. The van der Waals surface area contributed by atoms with E-state index in [0.717, 1.165) is 15.4 Å². The van der Waals surface area contributed by atoms with Crippen molar-refractivity contribution in [2.45, 2.75) is 13.5 Å². The minimum atomic E-state index is -0.533. The first kappa shape index (κ1) is 21.7. The number of benzene rings is 2. The zero-order valence-electron chi connectivity index (χ0n) is 17.2. The lowest BCUT2D eigenvalue weighted by molar-refractivity contribution is -0.141. The van der Waals surface area contributed by atoms with E-state index < -0.39 is 11.9 Å². The summed E-state index contributed by atoms with van der Waals surface area (Å²) >= 11 is 3.43. The minimum Gasteiger partial charge on any atom is -0.497 e. The monoisotopic (exact) mass is 475 g/mol. The summed E-state index contributed by atoms with van der Waals surface area (Å²) in [5.74, 6) is 0.405. The van der Waals surface area contributed by atoms with Crippen LogP contribution in [0.1, 0.15) is 21.7 Å². The number of aryl methyl sites for hydroxylation is 1. The Hall–Kier alpha value is -3.00. The van der Waals surface area contributed by atoms with Crippen LogP contribution in [0.15, 0.2) is 45.3 Å². The number of hydrogen-bond donors (Lipinski definition) is 0. The maximum Gasteiger partial charge on any atom is 0.325 e. The maximum absolute atomic E-state index is 13.3. The number of amides is 1. The number of hydrogen-bond acceptors (Lipinski definition) is 6. The third-order valence-electron chi connectivity index (χ3n) is 4.71. The Bertz CT molecular complexity index is 1070. The van der Waals surface area contributed by atoms with Crippen LogP contribution in [-0.4, -0.2) is 44.7 Å². The molecule has 0 fully saturated rings. The second-order valence-electron chi connectivity index (χ2n) is 6.65. The molecule has 0 spiro atoms. The van der Waals surface area contributed by atoms with Crippen LogP contribution in [0.4, 0.5) is 0 Å². The van der Waals surface area contributed by atoms with E-state index in [2.05, 4.69) is 15.9 Å². The number of rotatable bonds is 7. The summed E-state index contributed by atoms with van der Waals surface area (Å²) in [4.78, 5) is 26.7. The predicted molar refractivity (Wildman–Crippen MR) is 115 cm³/mol. The molecule has 30 heavy (non-hydrogen) atoms. The second kappa shape index (κ2) is 9.21. The Balaban J connectivity index is 1.99. The summed E-state index contributed by atoms with van der Waals surface area (Å²) in [7, 11) is 4.38. The molecule has 1 heterocycles. The molecule has 0 aliphatic rings. The van der Waals surface area contributed by atoms with Gasteiger partial charge in [0.15, 0.2) is 5.76 Å². The van der Waals surface area contributed by atoms with Crippen LogP contribution in [0.5, 0.6) is 11.5 Å². The Morgan fingerprint density at radius 1 is 1.03 bits per heavy atom. The van der Waals surface area contributed by atoms with Gasteiger partial charge in [0.05, 0.1) is 21.3 Å². The topological polar surface area (TPSA) is 78.2 Å². The molecule has 0 unspecified atom stereocenters. The van der Waals surface area contributed by atoms with Crippen LogP contribution in [-0.2, 0) is 16.1 Å². The number of nitrogens with zero attached hydrogens (tertiary/aromatic N) is 1. The number of esters is 1. The molecule has 0 bridgehead atoms. The van der Waals surface area contributed by atoms with Crippen LogP contribution < -0.4 is 9.47 Å². The van der Waals surface area contributed by atoms with E-state index >= 15 is 0 Å². The van der Waals surface area contributed by atoms with E-state index in [1.807, 2.05) is 19.1 Å². The summed E-state index contributed by atoms with van der Waals surface area (Å²) in [6.45, 7) is 1.73. The van der Waals surface area contributed by atoms with Gasteiger partial charge >= 0.3 is 5.97 Å². The van der Waals surface area contributed by atoms with Gasteiger partial charge in [0.1, 0.15) is 23.6 Å². The summed E-state index contributed by atoms with van der Waals surface area (Å²) in [6, 6.07) is 10.8. The zero-order chi connectivity index (χ0) is 21.8. The predicted octanol–water partition coefficient (Wildman–Crippen LogP) is 4.34. The van der Waals surface area contributed by atoms with Gasteiger partial charge < -0.3 is 23.5 Å². The van der Waals surface area contributed by atoms with E-state index in [1.54, 1.807) is 38.5 Å². The molecule has 0 saturated carbocycles. The SMILES string of the molecule is COC(=O)CN(Cc1cc(OC)cc(OC)c1)C(=O)c1oc2ccc(Br)cc2c1C. The Labute approximate surface area is 182 Å². The maximum atomic E-state index is 13.3. The Kier molecular flexibility index (Phi) is 6.66. The zero-order valence-corrected chi connectivity index (χ0v) is 18.7. The molecular formula is C22H22BrNO6. The Morgan fingerprint density at radius 3 is 2.30 bits per heavy atom. The van der Waals surface area contributed by atoms with Gasteiger partial charge in [-0.25, -0.2) is 0 Å². The number of methoxy groups -OCH3 is 3. The number of furan rings is 1. The van der Waals surface area contributed by atoms with E-state index in [-0.39, 0.29) is 18.8 Å². The first-order valence-electron chi connectivity index (χ1n) is 9.13. The highest BCUT2D eigenvalue weighted by atomic mass is 79.9. The smallest absolute Gasteiger partial charge is 0.325 e. The Morgan fingerprint density at radius 2 is 1.70 bits per heavy atom. The molecule has 1 aromatic heterocycles. The molecular weight excluding hydrogens is 454 g/mol. The highest BCUT2D eigenvalue weighted by molar-refractivity contribution is 9.10. The van der Waals surface area contributed by atoms with Crippen LogP contribution in [0.3, 0.4) is 0 Å². The van der Waals surface area contributed by atoms with E-state index in [9.17, 15) is 9.59 Å². The quantitative estimate of drug-likeness (QED) is 0.473. The molecule has 2 aromatic carbocycles. The molecule has 1 amide bonds. The van der Waals surface area contributed by atoms with E-state index in [1.165, 1.54) is 12.0 Å². The van der Waals surface area contributed by atoms with Gasteiger partial charge in [0, 0.05) is 28.0 Å². The minimum absolute atomic E-state index is 0.141. The van der Waals surface area contributed by atoms with Crippen LogP contribution in [0.2, 0.25) is 0 Å². The molecule has 0 N–H and O–H groups in total. The van der Waals surface area contributed by atoms with Gasteiger partial charge in [-0.2, -0.15) is 0 Å². The van der Waals surface area contributed by atoms with Crippen molar-refractivity contribution in [2.24, 2.45) is 0 Å². The number of carbonyl (C=O) groups is 2. The molecule has 0 aliphatic heterocycles. The van der Waals surface area contributed by atoms with Crippen molar-refractivity contribution in [1.82, 2.24) is 4.90 Å². The molecule has 7 nitrogen and oxygen atoms in total. The van der Waals surface area contributed by atoms with Gasteiger partial charge in [0.2, 0.25) is 0 Å². The summed E-state index contributed by atoms with van der Waals surface area (Å²) in [6.07, 6.45) is 0. The van der Waals surface area contributed by atoms with Crippen LogP contribution >= 0.6 is 15.9 Å². The molecule has 0 saturated heterocycles. The lowest BCUT2D eigenvalue weighted by Crippen LogP contribution is -2.35. The fourth-order valence-electron chi connectivity index (χ4n) is 3.14. The third kappa shape index (κ3) is 4.59. The lowest BCUT2D eigenvalue weighted by atomic mass is 10.1. The van der Waals surface area contributed by atoms with Gasteiger partial charge in [-0.05, 0) is 42.8 Å². The van der Waals surface area contributed by atoms with Gasteiger partial charge in [-0.1, -0.05) is 15.9 Å². The lowest BCUT2D eigenvalue weighted by Gasteiger charge is -2.21. The first-order chi connectivity index (χ1) is 14.4. The largest absolute Gasteiger partial charge is 0.497 e. The van der Waals surface area contributed by atoms with Crippen LogP contribution in [0.25, 0.3) is 11.0 Å². The first-order valence-corrected chi connectivity index (χ1v) is 9.92. The van der Waals surface area contributed by atoms with Crippen molar-refractivity contribution < 1.29 is 28.2 Å². The standard InChI is InChI=1S/C22H22BrNO6/c1-13-18-9-15(23)5-6-19(18)30-21(13)22(26)24(12-20(25)29-4)11-14-7-16(27-2)10-17(8-14)28-3/h5-10H,11-12H2,1-4H3. The van der Waals surface area contributed by atoms with Crippen LogP contribution in [0, 0.1) is 6.92 Å². The molecule has 3 rings (SSSR count). The molecule has 158 valence electrons. The second-order valence-corrected chi connectivity index (χ2v) is 7.57. The molecule has 8 heteroatoms. The van der Waals surface area contributed by atoms with E-state index in [0.29, 0.717) is 22.6 Å². The summed E-state index contributed by atoms with van der Waals surface area (Å²) in [5.41, 5.74) is 2.04. The normalized spacial score (nSPS) is 10.7. The van der Waals surface area contributed by atoms with Crippen molar-refractivity contribution in [2.75, 3.05) is 27.9 Å². The highest BCUT2D eigenvalue weighted by Gasteiger charge is 2.26. The van der Waals surface area contributed by atoms with Crippen molar-refractivity contribution in [3.8, 4) is 11.5 Å². The van der Waals surface area contributed by atoms with Crippen molar-refractivity contribution in [1.29, 1.82) is 0 Å². The molecule has 0 atom stereocenters. The third-order valence-corrected chi connectivity index (χ3v) is 5.21. The fraction of sp³-hybridized carbons (Fsp3) is 0.273. The van der Waals surface area contributed by atoms with Crippen molar-refractivity contribution in [3.05, 3.63) is 57.8 Å². The van der Waals surface area contributed by atoms with E-state index in [4.69, 9.17) is 18.6 Å². The highest BCUT2D eigenvalue weighted by Crippen LogP contribution is 2.30. The average Bonchev–Trinajstić information content (AvgIpc) is 3.08. The molecule has 0 aliphatic carbocycles. The molecule has 0 radical (unpaired) electrons. The summed E-state index contributed by atoms with van der Waals surface area (Å²) in [5, 5.41) is 0.828. The van der Waals surface area contributed by atoms with Gasteiger partial charge in [-0.15, -0.1) is 0 Å². The average molecular weight is 476 g/mol. The van der Waals surface area contributed by atoms with Gasteiger partial charge in [0.25, 0.3) is 5.91 Å². The van der Waals surface area contributed by atoms with Crippen molar-refractivity contribution >= 4 is 38.8 Å². The van der Waals surface area contributed by atoms with Crippen molar-refractivity contribution in [3.63, 3.8) is 0 Å². The summed E-state index contributed by atoms with van der Waals surface area (Å²) < 4.78 is 22.1.